The predicted molar refractivity (Wildman–Crippen MR) is 126 cm³/mol. The predicted octanol–water partition coefficient (Wildman–Crippen LogP) is 3.58. The van der Waals surface area contributed by atoms with Crippen LogP contribution in [0.25, 0.3) is 0 Å². The summed E-state index contributed by atoms with van der Waals surface area (Å²) < 4.78 is 0. The van der Waals surface area contributed by atoms with Gasteiger partial charge in [-0.05, 0) is 29.8 Å². The molecule has 0 bridgehead atoms. The Bertz CT molecular complexity index is 890. The highest BCUT2D eigenvalue weighted by atomic mass is 32.2. The lowest BCUT2D eigenvalue weighted by Gasteiger charge is -2.28. The van der Waals surface area contributed by atoms with E-state index in [9.17, 15) is 9.59 Å². The Labute approximate surface area is 188 Å². The fraction of sp³-hybridized carbons (Fsp3) is 0.375. The summed E-state index contributed by atoms with van der Waals surface area (Å²) in [5.74, 6) is 2.02. The van der Waals surface area contributed by atoms with Crippen LogP contribution in [0.15, 0.2) is 54.6 Å². The number of hydrogen-bond acceptors (Lipinski definition) is 5. The van der Waals surface area contributed by atoms with Gasteiger partial charge in [0.2, 0.25) is 11.8 Å². The Balaban J connectivity index is 1.45. The third-order valence-electron chi connectivity index (χ3n) is 5.18. The summed E-state index contributed by atoms with van der Waals surface area (Å²) in [5, 5.41) is 11.8. The van der Waals surface area contributed by atoms with Crippen LogP contribution >= 0.6 is 11.8 Å². The number of amides is 2. The average Bonchev–Trinajstić information content (AvgIpc) is 2.83. The summed E-state index contributed by atoms with van der Waals surface area (Å²) in [6.07, 6.45) is 0.482. The molecule has 2 amide bonds. The van der Waals surface area contributed by atoms with Gasteiger partial charge < -0.3 is 15.1 Å². The Kier molecular flexibility index (Phi) is 8.80. The van der Waals surface area contributed by atoms with Gasteiger partial charge in [-0.3, -0.25) is 9.59 Å². The molecular formula is C24H28N4O2S. The molecule has 0 atom stereocenters. The van der Waals surface area contributed by atoms with E-state index >= 15 is 0 Å². The molecule has 6 nitrogen and oxygen atoms in total. The molecule has 0 aromatic heterocycles. The number of carbonyl (C=O) groups is 2. The van der Waals surface area contributed by atoms with Crippen LogP contribution < -0.4 is 15.1 Å². The van der Waals surface area contributed by atoms with E-state index in [1.807, 2.05) is 54.2 Å². The second kappa shape index (κ2) is 12.0. The van der Waals surface area contributed by atoms with Crippen LogP contribution in [0.3, 0.4) is 0 Å². The van der Waals surface area contributed by atoms with Gasteiger partial charge in [0.25, 0.3) is 0 Å². The van der Waals surface area contributed by atoms with Crippen molar-refractivity contribution in [2.75, 3.05) is 40.9 Å². The highest BCUT2D eigenvalue weighted by Crippen LogP contribution is 2.20. The third-order valence-corrected chi connectivity index (χ3v) is 6.13. The highest BCUT2D eigenvalue weighted by molar-refractivity contribution is 7.99. The lowest BCUT2D eigenvalue weighted by molar-refractivity contribution is -0.125. The molecule has 0 saturated carbocycles. The molecule has 0 spiro atoms. The molecule has 31 heavy (non-hydrogen) atoms. The molecule has 2 aromatic rings. The second-order valence-electron chi connectivity index (χ2n) is 7.33. The number of para-hydroxylation sites is 1. The quantitative estimate of drug-likeness (QED) is 0.650. The molecule has 162 valence electrons. The van der Waals surface area contributed by atoms with E-state index in [4.69, 9.17) is 5.26 Å². The lowest BCUT2D eigenvalue weighted by atomic mass is 10.1. The fourth-order valence-electron chi connectivity index (χ4n) is 3.46. The first-order valence-electron chi connectivity index (χ1n) is 10.6. The van der Waals surface area contributed by atoms with Gasteiger partial charge in [-0.1, -0.05) is 30.3 Å². The van der Waals surface area contributed by atoms with Gasteiger partial charge in [-0.15, -0.1) is 0 Å². The molecule has 1 N–H and O–H groups in total. The van der Waals surface area contributed by atoms with Crippen molar-refractivity contribution in [1.82, 2.24) is 5.32 Å². The largest absolute Gasteiger partial charge is 0.370 e. The summed E-state index contributed by atoms with van der Waals surface area (Å²) in [6.45, 7) is 2.91. The number of carbonyl (C=O) groups excluding carboxylic acids is 2. The Morgan fingerprint density at radius 3 is 2.42 bits per heavy atom. The Morgan fingerprint density at radius 2 is 1.74 bits per heavy atom. The number of nitrogens with one attached hydrogen (secondary N) is 1. The van der Waals surface area contributed by atoms with Gasteiger partial charge in [0.1, 0.15) is 0 Å². The van der Waals surface area contributed by atoms with Gasteiger partial charge >= 0.3 is 0 Å². The van der Waals surface area contributed by atoms with Crippen molar-refractivity contribution >= 4 is 35.0 Å². The molecule has 1 heterocycles. The number of benzene rings is 2. The highest BCUT2D eigenvalue weighted by Gasteiger charge is 2.17. The van der Waals surface area contributed by atoms with Crippen molar-refractivity contribution in [2.45, 2.75) is 25.8 Å². The average molecular weight is 437 g/mol. The standard InChI is InChI=1S/C24H28N4O2S/c25-13-4-14-28(22-5-2-1-3-6-22)24(30)12-11-23(29)26-19-20-7-9-21(10-8-20)27-15-17-31-18-16-27/h1-3,5-10H,4,11-12,14-19H2,(H,26,29). The molecule has 1 aliphatic rings. The molecule has 3 rings (SSSR count). The van der Waals surface area contributed by atoms with E-state index in [2.05, 4.69) is 28.4 Å². The number of nitrogens with zero attached hydrogens (tertiary/aromatic N) is 3. The van der Waals surface area contributed by atoms with E-state index in [1.54, 1.807) is 4.90 Å². The summed E-state index contributed by atoms with van der Waals surface area (Å²) in [5.41, 5.74) is 3.00. The minimum absolute atomic E-state index is 0.109. The molecule has 1 fully saturated rings. The van der Waals surface area contributed by atoms with Crippen molar-refractivity contribution in [3.05, 3.63) is 60.2 Å². The number of thioether (sulfide) groups is 1. The smallest absolute Gasteiger partial charge is 0.227 e. The van der Waals surface area contributed by atoms with Crippen molar-refractivity contribution < 1.29 is 9.59 Å². The summed E-state index contributed by atoms with van der Waals surface area (Å²) in [6, 6.07) is 19.6. The van der Waals surface area contributed by atoms with Crippen LogP contribution in [0.4, 0.5) is 11.4 Å². The van der Waals surface area contributed by atoms with Crippen LogP contribution in [0, 0.1) is 11.3 Å². The van der Waals surface area contributed by atoms with E-state index in [0.717, 1.165) is 35.8 Å². The molecule has 7 heteroatoms. The molecule has 0 unspecified atom stereocenters. The fourth-order valence-corrected chi connectivity index (χ4v) is 4.36. The van der Waals surface area contributed by atoms with E-state index in [0.29, 0.717) is 13.1 Å². The SMILES string of the molecule is N#CCCN(C(=O)CCC(=O)NCc1ccc(N2CCSCC2)cc1)c1ccccc1. The van der Waals surface area contributed by atoms with Gasteiger partial charge in [0.15, 0.2) is 0 Å². The van der Waals surface area contributed by atoms with Crippen molar-refractivity contribution in [3.8, 4) is 6.07 Å². The van der Waals surface area contributed by atoms with Crippen LogP contribution in [-0.2, 0) is 16.1 Å². The van der Waals surface area contributed by atoms with E-state index in [1.165, 1.54) is 5.69 Å². The molecule has 0 radical (unpaired) electrons. The minimum Gasteiger partial charge on any atom is -0.370 e. The zero-order valence-electron chi connectivity index (χ0n) is 17.6. The Morgan fingerprint density at radius 1 is 1.03 bits per heavy atom. The maximum Gasteiger partial charge on any atom is 0.227 e. The first-order valence-corrected chi connectivity index (χ1v) is 11.7. The number of nitriles is 1. The van der Waals surface area contributed by atoms with Crippen LogP contribution in [0.1, 0.15) is 24.8 Å². The normalized spacial score (nSPS) is 13.3. The van der Waals surface area contributed by atoms with Crippen LogP contribution in [-0.4, -0.2) is 43.0 Å². The molecule has 0 aliphatic carbocycles. The number of rotatable bonds is 9. The first-order chi connectivity index (χ1) is 15.2. The number of hydrogen-bond donors (Lipinski definition) is 1. The molecule has 2 aromatic carbocycles. The van der Waals surface area contributed by atoms with Gasteiger partial charge in [-0.2, -0.15) is 17.0 Å². The zero-order valence-corrected chi connectivity index (χ0v) is 18.4. The summed E-state index contributed by atoms with van der Waals surface area (Å²) in [7, 11) is 0. The second-order valence-corrected chi connectivity index (χ2v) is 8.56. The summed E-state index contributed by atoms with van der Waals surface area (Å²) in [4.78, 5) is 28.9. The van der Waals surface area contributed by atoms with Gasteiger partial charge in [0, 0.05) is 61.9 Å². The van der Waals surface area contributed by atoms with Crippen molar-refractivity contribution in [1.29, 1.82) is 5.26 Å². The first kappa shape index (κ1) is 22.7. The van der Waals surface area contributed by atoms with Crippen molar-refractivity contribution in [3.63, 3.8) is 0 Å². The molecular weight excluding hydrogens is 408 g/mol. The molecule has 1 aliphatic heterocycles. The van der Waals surface area contributed by atoms with Gasteiger partial charge in [0.05, 0.1) is 12.5 Å². The maximum atomic E-state index is 12.6. The van der Waals surface area contributed by atoms with Crippen molar-refractivity contribution in [2.24, 2.45) is 0 Å². The topological polar surface area (TPSA) is 76.4 Å². The third kappa shape index (κ3) is 7.04. The van der Waals surface area contributed by atoms with Gasteiger partial charge in [-0.25, -0.2) is 0 Å². The lowest BCUT2D eigenvalue weighted by Crippen LogP contribution is -2.33. The number of anilines is 2. The maximum absolute atomic E-state index is 12.6. The Hall–Kier alpha value is -2.98. The van der Waals surface area contributed by atoms with Crippen LogP contribution in [0.5, 0.6) is 0 Å². The van der Waals surface area contributed by atoms with Crippen LogP contribution in [0.2, 0.25) is 0 Å². The minimum atomic E-state index is -0.154. The van der Waals surface area contributed by atoms with E-state index < -0.39 is 0 Å². The van der Waals surface area contributed by atoms with E-state index in [-0.39, 0.29) is 31.1 Å². The zero-order chi connectivity index (χ0) is 21.9. The monoisotopic (exact) mass is 436 g/mol. The summed E-state index contributed by atoms with van der Waals surface area (Å²) >= 11 is 1.99. The molecule has 1 saturated heterocycles.